The molecule has 2 aromatic rings. The van der Waals surface area contributed by atoms with Gasteiger partial charge in [0.25, 0.3) is 0 Å². The van der Waals surface area contributed by atoms with E-state index in [-0.39, 0.29) is 6.61 Å². The largest absolute Gasteiger partial charge is 0.392 e. The summed E-state index contributed by atoms with van der Waals surface area (Å²) in [6.45, 7) is 0.644. The lowest BCUT2D eigenvalue weighted by Gasteiger charge is -2.11. The highest BCUT2D eigenvalue weighted by molar-refractivity contribution is 6.42. The minimum Gasteiger partial charge on any atom is -0.392 e. The summed E-state index contributed by atoms with van der Waals surface area (Å²) in [6.07, 6.45) is 1.25. The number of benzene rings is 2. The molecule has 5 heteroatoms. The van der Waals surface area contributed by atoms with Crippen molar-refractivity contribution in [1.29, 1.82) is 5.41 Å². The first-order valence-electron chi connectivity index (χ1n) is 7.03. The first-order chi connectivity index (χ1) is 10.6. The van der Waals surface area contributed by atoms with Gasteiger partial charge >= 0.3 is 0 Å². The summed E-state index contributed by atoms with van der Waals surface area (Å²) in [5.74, 6) is 0.431. The molecule has 0 atom stereocenters. The van der Waals surface area contributed by atoms with E-state index in [1.54, 1.807) is 6.07 Å². The second-order valence-electron chi connectivity index (χ2n) is 5.01. The van der Waals surface area contributed by atoms with E-state index in [1.165, 1.54) is 0 Å². The lowest BCUT2D eigenvalue weighted by Crippen LogP contribution is -2.27. The molecule has 3 nitrogen and oxygen atoms in total. The molecule has 0 amide bonds. The van der Waals surface area contributed by atoms with E-state index < -0.39 is 0 Å². The third-order valence-electron chi connectivity index (χ3n) is 3.39. The fraction of sp³-hybridized carbons (Fsp3) is 0.235. The third kappa shape index (κ3) is 4.73. The fourth-order valence-corrected chi connectivity index (χ4v) is 2.51. The van der Waals surface area contributed by atoms with Gasteiger partial charge in [-0.25, -0.2) is 0 Å². The van der Waals surface area contributed by atoms with E-state index in [0.717, 1.165) is 23.1 Å². The Morgan fingerprint density at radius 3 is 2.45 bits per heavy atom. The Hall–Kier alpha value is -1.55. The molecule has 0 aliphatic rings. The van der Waals surface area contributed by atoms with Crippen molar-refractivity contribution in [2.45, 2.75) is 19.4 Å². The Bertz CT molecular complexity index is 659. The van der Waals surface area contributed by atoms with Crippen molar-refractivity contribution in [1.82, 2.24) is 5.32 Å². The standard InChI is InChI=1S/C17H18Cl2N2O/c18-15-6-5-12(9-16(15)19)7-8-21-17(20)10-13-3-1-2-4-14(13)11-22/h1-6,9,22H,7-8,10-11H2,(H2,20,21). The predicted octanol–water partition coefficient (Wildman–Crippen LogP) is 3.84. The van der Waals surface area contributed by atoms with Crippen molar-refractivity contribution < 1.29 is 5.11 Å². The van der Waals surface area contributed by atoms with Crippen LogP contribution in [0.15, 0.2) is 42.5 Å². The van der Waals surface area contributed by atoms with Gasteiger partial charge in [-0.2, -0.15) is 0 Å². The lowest BCUT2D eigenvalue weighted by molar-refractivity contribution is 0.281. The van der Waals surface area contributed by atoms with Gasteiger partial charge in [0.1, 0.15) is 0 Å². The molecule has 0 aromatic heterocycles. The van der Waals surface area contributed by atoms with Crippen molar-refractivity contribution in [3.8, 4) is 0 Å². The van der Waals surface area contributed by atoms with Crippen LogP contribution in [0.1, 0.15) is 16.7 Å². The third-order valence-corrected chi connectivity index (χ3v) is 4.13. The summed E-state index contributed by atoms with van der Waals surface area (Å²) in [4.78, 5) is 0. The zero-order valence-electron chi connectivity index (χ0n) is 12.1. The average molecular weight is 337 g/mol. The smallest absolute Gasteiger partial charge is 0.0976 e. The monoisotopic (exact) mass is 336 g/mol. The molecule has 0 radical (unpaired) electrons. The first-order valence-corrected chi connectivity index (χ1v) is 7.78. The Balaban J connectivity index is 1.84. The predicted molar refractivity (Wildman–Crippen MR) is 92.0 cm³/mol. The van der Waals surface area contributed by atoms with Gasteiger partial charge in [-0.1, -0.05) is 53.5 Å². The summed E-state index contributed by atoms with van der Waals surface area (Å²) in [5.41, 5.74) is 2.90. The Morgan fingerprint density at radius 1 is 1.05 bits per heavy atom. The Kier molecular flexibility index (Phi) is 6.25. The molecule has 0 fully saturated rings. The maximum absolute atomic E-state index is 9.29. The molecular weight excluding hydrogens is 319 g/mol. The highest BCUT2D eigenvalue weighted by atomic mass is 35.5. The van der Waals surface area contributed by atoms with Crippen molar-refractivity contribution in [3.63, 3.8) is 0 Å². The maximum Gasteiger partial charge on any atom is 0.0976 e. The molecule has 0 saturated carbocycles. The van der Waals surface area contributed by atoms with E-state index >= 15 is 0 Å². The molecule has 0 spiro atoms. The summed E-state index contributed by atoms with van der Waals surface area (Å²) < 4.78 is 0. The fourth-order valence-electron chi connectivity index (χ4n) is 2.19. The van der Waals surface area contributed by atoms with E-state index in [0.29, 0.717) is 28.8 Å². The van der Waals surface area contributed by atoms with Gasteiger partial charge in [-0.05, 0) is 35.2 Å². The topological polar surface area (TPSA) is 56.1 Å². The van der Waals surface area contributed by atoms with Crippen LogP contribution in [0.25, 0.3) is 0 Å². The van der Waals surface area contributed by atoms with Crippen LogP contribution in [0, 0.1) is 5.41 Å². The van der Waals surface area contributed by atoms with Gasteiger partial charge < -0.3 is 10.4 Å². The molecule has 2 rings (SSSR count). The van der Waals surface area contributed by atoms with Gasteiger partial charge in [0, 0.05) is 13.0 Å². The molecule has 3 N–H and O–H groups in total. The number of hydrogen-bond donors (Lipinski definition) is 3. The van der Waals surface area contributed by atoms with Crippen LogP contribution in [-0.2, 0) is 19.4 Å². The number of rotatable bonds is 6. The molecule has 2 aromatic carbocycles. The number of halogens is 2. The number of amidine groups is 1. The number of hydrogen-bond acceptors (Lipinski definition) is 2. The average Bonchev–Trinajstić information content (AvgIpc) is 2.51. The van der Waals surface area contributed by atoms with Crippen molar-refractivity contribution in [2.75, 3.05) is 6.54 Å². The highest BCUT2D eigenvalue weighted by Crippen LogP contribution is 2.22. The molecular formula is C17H18Cl2N2O. The first kappa shape index (κ1) is 16.8. The van der Waals surface area contributed by atoms with E-state index in [4.69, 9.17) is 28.6 Å². The number of nitrogens with one attached hydrogen (secondary N) is 2. The Labute approximate surface area is 140 Å². The van der Waals surface area contributed by atoms with Gasteiger partial charge in [-0.15, -0.1) is 0 Å². The van der Waals surface area contributed by atoms with Crippen LogP contribution in [0.2, 0.25) is 10.0 Å². The normalized spacial score (nSPS) is 10.5. The molecule has 22 heavy (non-hydrogen) atoms. The molecule has 0 aliphatic carbocycles. The Morgan fingerprint density at radius 2 is 1.77 bits per heavy atom. The van der Waals surface area contributed by atoms with Crippen molar-refractivity contribution >= 4 is 29.0 Å². The van der Waals surface area contributed by atoms with Crippen LogP contribution in [0.5, 0.6) is 0 Å². The minimum absolute atomic E-state index is 0.00722. The van der Waals surface area contributed by atoms with E-state index in [2.05, 4.69) is 5.32 Å². The van der Waals surface area contributed by atoms with Crippen LogP contribution < -0.4 is 5.32 Å². The molecule has 0 aliphatic heterocycles. The number of aliphatic hydroxyl groups excluding tert-OH is 1. The minimum atomic E-state index is -0.00722. The zero-order chi connectivity index (χ0) is 15.9. The van der Waals surface area contributed by atoms with Crippen molar-refractivity contribution in [3.05, 3.63) is 69.2 Å². The van der Waals surface area contributed by atoms with Gasteiger partial charge in [0.15, 0.2) is 0 Å². The molecule has 0 unspecified atom stereocenters. The maximum atomic E-state index is 9.29. The summed E-state index contributed by atoms with van der Waals surface area (Å²) in [6, 6.07) is 13.2. The summed E-state index contributed by atoms with van der Waals surface area (Å²) in [5, 5.41) is 21.5. The van der Waals surface area contributed by atoms with Crippen molar-refractivity contribution in [2.24, 2.45) is 0 Å². The number of aliphatic hydroxyl groups is 1. The lowest BCUT2D eigenvalue weighted by atomic mass is 10.0. The van der Waals surface area contributed by atoms with Crippen LogP contribution >= 0.6 is 23.2 Å². The zero-order valence-corrected chi connectivity index (χ0v) is 13.6. The quantitative estimate of drug-likeness (QED) is 0.554. The second-order valence-corrected chi connectivity index (χ2v) is 5.82. The molecule has 0 saturated heterocycles. The van der Waals surface area contributed by atoms with E-state index in [9.17, 15) is 5.11 Å². The summed E-state index contributed by atoms with van der Waals surface area (Å²) >= 11 is 11.9. The van der Waals surface area contributed by atoms with E-state index in [1.807, 2.05) is 36.4 Å². The molecule has 0 heterocycles. The van der Waals surface area contributed by atoms with Gasteiger partial charge in [0.05, 0.1) is 22.5 Å². The SMILES string of the molecule is N=C(Cc1ccccc1CO)NCCc1ccc(Cl)c(Cl)c1. The van der Waals surface area contributed by atoms with Gasteiger partial charge in [0.2, 0.25) is 0 Å². The van der Waals surface area contributed by atoms with Crippen LogP contribution in [0.4, 0.5) is 0 Å². The highest BCUT2D eigenvalue weighted by Gasteiger charge is 2.05. The second kappa shape index (κ2) is 8.18. The molecule has 116 valence electrons. The van der Waals surface area contributed by atoms with Crippen LogP contribution in [-0.4, -0.2) is 17.5 Å². The van der Waals surface area contributed by atoms with Gasteiger partial charge in [-0.3, -0.25) is 5.41 Å². The van der Waals surface area contributed by atoms with Crippen LogP contribution in [0.3, 0.4) is 0 Å². The molecule has 0 bridgehead atoms. The summed E-state index contributed by atoms with van der Waals surface area (Å²) in [7, 11) is 0.